The highest BCUT2D eigenvalue weighted by Crippen LogP contribution is 2.30. The summed E-state index contributed by atoms with van der Waals surface area (Å²) in [5, 5.41) is 0. The van der Waals surface area contributed by atoms with Crippen molar-refractivity contribution in [1.29, 1.82) is 0 Å². The third kappa shape index (κ3) is 3.18. The molecule has 1 atom stereocenters. The molecule has 1 aliphatic rings. The van der Waals surface area contributed by atoms with Gasteiger partial charge in [0, 0.05) is 18.7 Å². The number of primary amides is 1. The van der Waals surface area contributed by atoms with E-state index >= 15 is 0 Å². The van der Waals surface area contributed by atoms with Crippen LogP contribution < -0.4 is 10.6 Å². The molecule has 2 aromatic rings. The Balaban J connectivity index is 1.96. The molecule has 0 bridgehead atoms. The van der Waals surface area contributed by atoms with Gasteiger partial charge in [-0.25, -0.2) is 0 Å². The van der Waals surface area contributed by atoms with Crippen LogP contribution in [0.25, 0.3) is 0 Å². The summed E-state index contributed by atoms with van der Waals surface area (Å²) in [6, 6.07) is 15.4. The number of anilines is 1. The fourth-order valence-corrected chi connectivity index (χ4v) is 3.39. The quantitative estimate of drug-likeness (QED) is 0.940. The third-order valence-corrected chi connectivity index (χ3v) is 4.59. The summed E-state index contributed by atoms with van der Waals surface area (Å²) < 4.78 is 0. The van der Waals surface area contributed by atoms with E-state index in [0.717, 1.165) is 41.8 Å². The molecule has 24 heavy (non-hydrogen) atoms. The number of carbonyl (C=O) groups is 2. The van der Waals surface area contributed by atoms with Crippen LogP contribution in [0.3, 0.4) is 0 Å². The molecular weight excluding hydrogens is 300 g/mol. The monoisotopic (exact) mass is 322 g/mol. The van der Waals surface area contributed by atoms with Gasteiger partial charge in [-0.2, -0.15) is 0 Å². The van der Waals surface area contributed by atoms with Crippen LogP contribution in [-0.4, -0.2) is 18.4 Å². The minimum absolute atomic E-state index is 0.173. The first-order valence-corrected chi connectivity index (χ1v) is 8.33. The second-order valence-corrected chi connectivity index (χ2v) is 6.29. The first-order valence-electron chi connectivity index (χ1n) is 8.33. The van der Waals surface area contributed by atoms with Gasteiger partial charge in [0.2, 0.25) is 11.8 Å². The first-order chi connectivity index (χ1) is 11.6. The van der Waals surface area contributed by atoms with E-state index in [2.05, 4.69) is 0 Å². The van der Waals surface area contributed by atoms with E-state index in [4.69, 9.17) is 5.73 Å². The predicted molar refractivity (Wildman–Crippen MR) is 94.9 cm³/mol. The van der Waals surface area contributed by atoms with Crippen molar-refractivity contribution in [2.75, 3.05) is 11.4 Å². The summed E-state index contributed by atoms with van der Waals surface area (Å²) in [4.78, 5) is 26.0. The van der Waals surface area contributed by atoms with E-state index < -0.39 is 5.92 Å². The molecule has 2 N–H and O–H groups in total. The Hall–Kier alpha value is -2.62. The molecule has 0 aromatic heterocycles. The van der Waals surface area contributed by atoms with Gasteiger partial charge in [0.15, 0.2) is 0 Å². The zero-order chi connectivity index (χ0) is 17.1. The SMILES string of the molecule is Cc1cc(C(C(N)=O)c2ccccc2)ccc1N1CCCCC1=O. The number of carbonyl (C=O) groups excluding carboxylic acids is 2. The molecule has 1 unspecified atom stereocenters. The lowest BCUT2D eigenvalue weighted by Gasteiger charge is -2.28. The van der Waals surface area contributed by atoms with Crippen LogP contribution >= 0.6 is 0 Å². The van der Waals surface area contributed by atoms with Crippen LogP contribution in [-0.2, 0) is 9.59 Å². The van der Waals surface area contributed by atoms with Gasteiger partial charge >= 0.3 is 0 Å². The maximum Gasteiger partial charge on any atom is 0.229 e. The summed E-state index contributed by atoms with van der Waals surface area (Å²) in [5.41, 5.74) is 9.31. The van der Waals surface area contributed by atoms with E-state index in [-0.39, 0.29) is 11.8 Å². The van der Waals surface area contributed by atoms with Crippen molar-refractivity contribution in [2.45, 2.75) is 32.1 Å². The highest BCUT2D eigenvalue weighted by atomic mass is 16.2. The number of piperidine rings is 1. The molecule has 0 aliphatic carbocycles. The number of amides is 2. The second kappa shape index (κ2) is 6.87. The van der Waals surface area contributed by atoms with Crippen LogP contribution in [0, 0.1) is 6.92 Å². The topological polar surface area (TPSA) is 63.4 Å². The van der Waals surface area contributed by atoms with Crippen LogP contribution in [0.1, 0.15) is 41.9 Å². The summed E-state index contributed by atoms with van der Waals surface area (Å²) in [7, 11) is 0. The number of rotatable bonds is 4. The van der Waals surface area contributed by atoms with Crippen molar-refractivity contribution < 1.29 is 9.59 Å². The molecular formula is C20H22N2O2. The lowest BCUT2D eigenvalue weighted by molar-refractivity contribution is -0.120. The van der Waals surface area contributed by atoms with Crippen molar-refractivity contribution in [3.05, 3.63) is 65.2 Å². The lowest BCUT2D eigenvalue weighted by atomic mass is 9.89. The van der Waals surface area contributed by atoms with E-state index in [0.29, 0.717) is 6.42 Å². The van der Waals surface area contributed by atoms with Gasteiger partial charge in [-0.15, -0.1) is 0 Å². The number of hydrogen-bond acceptors (Lipinski definition) is 2. The molecule has 0 spiro atoms. The van der Waals surface area contributed by atoms with Crippen molar-refractivity contribution in [3.8, 4) is 0 Å². The van der Waals surface area contributed by atoms with Crippen LogP contribution in [0.5, 0.6) is 0 Å². The Bertz CT molecular complexity index is 755. The standard InChI is InChI=1S/C20H22N2O2/c1-14-13-16(19(20(21)24)15-7-3-2-4-8-15)10-11-17(14)22-12-6-5-9-18(22)23/h2-4,7-8,10-11,13,19H,5-6,9,12H2,1H3,(H2,21,24). The van der Waals surface area contributed by atoms with Crippen molar-refractivity contribution in [3.63, 3.8) is 0 Å². The van der Waals surface area contributed by atoms with Gasteiger partial charge in [0.1, 0.15) is 0 Å². The van der Waals surface area contributed by atoms with Gasteiger partial charge in [-0.1, -0.05) is 42.5 Å². The number of nitrogens with two attached hydrogens (primary N) is 1. The summed E-state index contributed by atoms with van der Waals surface area (Å²) in [6.45, 7) is 2.74. The Morgan fingerprint density at radius 3 is 2.46 bits per heavy atom. The maximum atomic E-state index is 12.1. The average molecular weight is 322 g/mol. The number of aryl methyl sites for hydroxylation is 1. The van der Waals surface area contributed by atoms with Gasteiger partial charge < -0.3 is 10.6 Å². The Morgan fingerprint density at radius 2 is 1.83 bits per heavy atom. The predicted octanol–water partition coefficient (Wildman–Crippen LogP) is 3.13. The minimum Gasteiger partial charge on any atom is -0.369 e. The summed E-state index contributed by atoms with van der Waals surface area (Å²) in [6.07, 6.45) is 2.60. The largest absolute Gasteiger partial charge is 0.369 e. The van der Waals surface area contributed by atoms with Gasteiger partial charge in [0.05, 0.1) is 5.92 Å². The third-order valence-electron chi connectivity index (χ3n) is 4.59. The first kappa shape index (κ1) is 16.2. The minimum atomic E-state index is -0.476. The van der Waals surface area contributed by atoms with Crippen LogP contribution in [0.15, 0.2) is 48.5 Å². The summed E-state index contributed by atoms with van der Waals surface area (Å²) >= 11 is 0. The fraction of sp³-hybridized carbons (Fsp3) is 0.300. The zero-order valence-electron chi connectivity index (χ0n) is 13.9. The highest BCUT2D eigenvalue weighted by molar-refractivity contribution is 5.95. The van der Waals surface area contributed by atoms with Crippen molar-refractivity contribution in [1.82, 2.24) is 0 Å². The van der Waals surface area contributed by atoms with E-state index in [1.54, 1.807) is 0 Å². The fourth-order valence-electron chi connectivity index (χ4n) is 3.39. The van der Waals surface area contributed by atoms with Crippen molar-refractivity contribution >= 4 is 17.5 Å². The molecule has 3 rings (SSSR count). The molecule has 0 saturated carbocycles. The van der Waals surface area contributed by atoms with Gasteiger partial charge in [-0.05, 0) is 42.5 Å². The average Bonchev–Trinajstić information content (AvgIpc) is 2.57. The summed E-state index contributed by atoms with van der Waals surface area (Å²) in [5.74, 6) is -0.676. The van der Waals surface area contributed by atoms with E-state index in [1.165, 1.54) is 0 Å². The Kier molecular flexibility index (Phi) is 4.65. The number of nitrogens with zero attached hydrogens (tertiary/aromatic N) is 1. The van der Waals surface area contributed by atoms with Crippen LogP contribution in [0.4, 0.5) is 5.69 Å². The second-order valence-electron chi connectivity index (χ2n) is 6.29. The molecule has 1 fully saturated rings. The highest BCUT2D eigenvalue weighted by Gasteiger charge is 2.24. The lowest BCUT2D eigenvalue weighted by Crippen LogP contribution is -2.35. The molecule has 2 amide bonds. The van der Waals surface area contributed by atoms with Crippen molar-refractivity contribution in [2.24, 2.45) is 5.73 Å². The molecule has 124 valence electrons. The smallest absolute Gasteiger partial charge is 0.229 e. The van der Waals surface area contributed by atoms with E-state index in [9.17, 15) is 9.59 Å². The number of hydrogen-bond donors (Lipinski definition) is 1. The molecule has 4 nitrogen and oxygen atoms in total. The Morgan fingerprint density at radius 1 is 1.08 bits per heavy atom. The molecule has 1 heterocycles. The molecule has 4 heteroatoms. The molecule has 0 radical (unpaired) electrons. The van der Waals surface area contributed by atoms with Crippen LogP contribution in [0.2, 0.25) is 0 Å². The van der Waals surface area contributed by atoms with Gasteiger partial charge in [-0.3, -0.25) is 9.59 Å². The Labute approximate surface area is 142 Å². The maximum absolute atomic E-state index is 12.1. The zero-order valence-corrected chi connectivity index (χ0v) is 13.9. The number of benzene rings is 2. The molecule has 2 aromatic carbocycles. The normalized spacial score (nSPS) is 16.0. The molecule has 1 aliphatic heterocycles. The van der Waals surface area contributed by atoms with E-state index in [1.807, 2.05) is 60.4 Å². The molecule has 1 saturated heterocycles. The van der Waals surface area contributed by atoms with Gasteiger partial charge in [0.25, 0.3) is 0 Å².